The predicted molar refractivity (Wildman–Crippen MR) is 91.7 cm³/mol. The second-order valence-corrected chi connectivity index (χ2v) is 7.39. The lowest BCUT2D eigenvalue weighted by molar-refractivity contribution is -0.137. The molecular weight excluding hydrogens is 401 g/mol. The zero-order chi connectivity index (χ0) is 20.4. The first-order valence-electron chi connectivity index (χ1n) is 7.85. The number of halogens is 3. The molecule has 0 atom stereocenters. The van der Waals surface area contributed by atoms with E-state index in [1.54, 1.807) is 0 Å². The molecule has 0 unspecified atom stereocenters. The van der Waals surface area contributed by atoms with Crippen molar-refractivity contribution in [2.45, 2.75) is 17.5 Å². The number of carbonyl (C=O) groups is 1. The van der Waals surface area contributed by atoms with Crippen LogP contribution in [0.2, 0.25) is 0 Å². The highest BCUT2D eigenvalue weighted by Crippen LogP contribution is 2.29. The van der Waals surface area contributed by atoms with Crippen molar-refractivity contribution in [1.82, 2.24) is 15.0 Å². The van der Waals surface area contributed by atoms with Gasteiger partial charge in [-0.1, -0.05) is 6.07 Å². The number of amides is 1. The standard InChI is InChI=1S/C16H13F3N4O4S/c17-16(18,19)10-4-6-11(7-5-10)21-14(24)8-9-20-28(25,26)13-3-1-2-12-15(13)23-27-22-12/h1-7,20H,8-9H2,(H,21,24). The summed E-state index contributed by atoms with van der Waals surface area (Å²) in [6.45, 7) is -0.226. The quantitative estimate of drug-likeness (QED) is 0.641. The summed E-state index contributed by atoms with van der Waals surface area (Å²) in [5.41, 5.74) is -0.346. The Bertz CT molecular complexity index is 1100. The van der Waals surface area contributed by atoms with Gasteiger partial charge in [-0.3, -0.25) is 4.79 Å². The van der Waals surface area contributed by atoms with E-state index in [-0.39, 0.29) is 34.6 Å². The van der Waals surface area contributed by atoms with E-state index >= 15 is 0 Å². The maximum absolute atomic E-state index is 12.5. The molecule has 3 rings (SSSR count). The Labute approximate surface area is 156 Å². The Morgan fingerprint density at radius 3 is 2.46 bits per heavy atom. The van der Waals surface area contributed by atoms with Crippen molar-refractivity contribution in [3.05, 3.63) is 48.0 Å². The van der Waals surface area contributed by atoms with Gasteiger partial charge in [-0.2, -0.15) is 13.2 Å². The van der Waals surface area contributed by atoms with E-state index < -0.39 is 27.7 Å². The number of nitrogens with zero attached hydrogens (tertiary/aromatic N) is 2. The van der Waals surface area contributed by atoms with Crippen molar-refractivity contribution in [2.24, 2.45) is 0 Å². The first-order valence-corrected chi connectivity index (χ1v) is 9.33. The second kappa shape index (κ2) is 7.56. The Kier molecular flexibility index (Phi) is 5.34. The Morgan fingerprint density at radius 2 is 1.79 bits per heavy atom. The topological polar surface area (TPSA) is 114 Å². The molecule has 0 saturated carbocycles. The molecule has 0 aliphatic heterocycles. The van der Waals surface area contributed by atoms with Gasteiger partial charge in [0, 0.05) is 18.7 Å². The molecule has 2 aromatic carbocycles. The van der Waals surface area contributed by atoms with Gasteiger partial charge < -0.3 is 5.32 Å². The number of carbonyl (C=O) groups excluding carboxylic acids is 1. The fourth-order valence-electron chi connectivity index (χ4n) is 2.34. The summed E-state index contributed by atoms with van der Waals surface area (Å²) in [5.74, 6) is -0.566. The lowest BCUT2D eigenvalue weighted by Gasteiger charge is -2.09. The van der Waals surface area contributed by atoms with Crippen LogP contribution >= 0.6 is 0 Å². The van der Waals surface area contributed by atoms with E-state index in [1.165, 1.54) is 18.2 Å². The number of alkyl halides is 3. The third-order valence-corrected chi connectivity index (χ3v) is 5.17. The van der Waals surface area contributed by atoms with Crippen LogP contribution in [0.15, 0.2) is 52.0 Å². The van der Waals surface area contributed by atoms with Gasteiger partial charge in [0.25, 0.3) is 0 Å². The fourth-order valence-corrected chi connectivity index (χ4v) is 3.52. The van der Waals surface area contributed by atoms with Gasteiger partial charge in [0.05, 0.1) is 5.56 Å². The minimum atomic E-state index is -4.47. The molecule has 8 nitrogen and oxygen atoms in total. The number of nitrogens with one attached hydrogen (secondary N) is 2. The van der Waals surface area contributed by atoms with E-state index in [4.69, 9.17) is 0 Å². The van der Waals surface area contributed by atoms with Crippen LogP contribution in [0.25, 0.3) is 11.0 Å². The first kappa shape index (κ1) is 19.8. The molecule has 0 fully saturated rings. The van der Waals surface area contributed by atoms with Crippen molar-refractivity contribution >= 4 is 32.7 Å². The van der Waals surface area contributed by atoms with Crippen LogP contribution in [0, 0.1) is 0 Å². The predicted octanol–water partition coefficient (Wildman–Crippen LogP) is 2.55. The zero-order valence-corrected chi connectivity index (χ0v) is 14.8. The van der Waals surface area contributed by atoms with Crippen LogP contribution in [0.4, 0.5) is 18.9 Å². The molecule has 0 aliphatic carbocycles. The average molecular weight is 414 g/mol. The maximum Gasteiger partial charge on any atom is 0.416 e. The van der Waals surface area contributed by atoms with E-state index in [2.05, 4.69) is 25.0 Å². The summed E-state index contributed by atoms with van der Waals surface area (Å²) < 4.78 is 69.0. The summed E-state index contributed by atoms with van der Waals surface area (Å²) in [6, 6.07) is 8.22. The molecule has 1 amide bonds. The summed E-state index contributed by atoms with van der Waals surface area (Å²) >= 11 is 0. The maximum atomic E-state index is 12.5. The third kappa shape index (κ3) is 4.46. The number of anilines is 1. The highest BCUT2D eigenvalue weighted by Gasteiger charge is 2.30. The van der Waals surface area contributed by atoms with Gasteiger partial charge in [-0.15, -0.1) is 0 Å². The Balaban J connectivity index is 1.57. The summed E-state index contributed by atoms with van der Waals surface area (Å²) in [7, 11) is -3.96. The molecule has 2 N–H and O–H groups in total. The smallest absolute Gasteiger partial charge is 0.326 e. The number of hydrogen-bond donors (Lipinski definition) is 2. The van der Waals surface area contributed by atoms with Gasteiger partial charge in [-0.25, -0.2) is 17.8 Å². The first-order chi connectivity index (χ1) is 13.2. The number of rotatable bonds is 6. The second-order valence-electron chi connectivity index (χ2n) is 5.66. The van der Waals surface area contributed by atoms with Crippen molar-refractivity contribution in [2.75, 3.05) is 11.9 Å². The molecule has 28 heavy (non-hydrogen) atoms. The third-order valence-electron chi connectivity index (χ3n) is 3.68. The molecule has 0 radical (unpaired) electrons. The Morgan fingerprint density at radius 1 is 1.07 bits per heavy atom. The highest BCUT2D eigenvalue weighted by molar-refractivity contribution is 7.89. The highest BCUT2D eigenvalue weighted by atomic mass is 32.2. The monoisotopic (exact) mass is 414 g/mol. The number of benzene rings is 2. The molecule has 1 aromatic heterocycles. The number of hydrogen-bond acceptors (Lipinski definition) is 6. The van der Waals surface area contributed by atoms with Crippen molar-refractivity contribution in [3.8, 4) is 0 Å². The van der Waals surface area contributed by atoms with Gasteiger partial charge >= 0.3 is 6.18 Å². The molecule has 0 spiro atoms. The van der Waals surface area contributed by atoms with E-state index in [9.17, 15) is 26.4 Å². The van der Waals surface area contributed by atoms with Crippen molar-refractivity contribution < 1.29 is 31.0 Å². The van der Waals surface area contributed by atoms with E-state index in [0.717, 1.165) is 24.3 Å². The molecule has 1 heterocycles. The zero-order valence-electron chi connectivity index (χ0n) is 14.0. The molecule has 0 bridgehead atoms. The Hall–Kier alpha value is -2.99. The lowest BCUT2D eigenvalue weighted by atomic mass is 10.2. The van der Waals surface area contributed by atoms with Crippen LogP contribution < -0.4 is 10.0 Å². The van der Waals surface area contributed by atoms with Gasteiger partial charge in [0.2, 0.25) is 15.9 Å². The molecule has 12 heteroatoms. The minimum Gasteiger partial charge on any atom is -0.326 e. The SMILES string of the molecule is O=C(CCNS(=O)(=O)c1cccc2nonc12)Nc1ccc(C(F)(F)F)cc1. The van der Waals surface area contributed by atoms with E-state index in [0.29, 0.717) is 0 Å². The van der Waals surface area contributed by atoms with Crippen LogP contribution in [-0.4, -0.2) is 31.2 Å². The van der Waals surface area contributed by atoms with Crippen LogP contribution in [0.5, 0.6) is 0 Å². The lowest BCUT2D eigenvalue weighted by Crippen LogP contribution is -2.28. The van der Waals surface area contributed by atoms with Gasteiger partial charge in [-0.05, 0) is 46.7 Å². The number of aromatic nitrogens is 2. The van der Waals surface area contributed by atoms with Crippen molar-refractivity contribution in [1.29, 1.82) is 0 Å². The summed E-state index contributed by atoms with van der Waals surface area (Å²) in [4.78, 5) is 11.7. The van der Waals surface area contributed by atoms with Crippen molar-refractivity contribution in [3.63, 3.8) is 0 Å². The average Bonchev–Trinajstić information content (AvgIpc) is 3.09. The van der Waals surface area contributed by atoms with Gasteiger partial charge in [0.15, 0.2) is 5.52 Å². The molecular formula is C16H13F3N4O4S. The number of sulfonamides is 1. The molecule has 148 valence electrons. The number of fused-ring (bicyclic) bond motifs is 1. The molecule has 3 aromatic rings. The van der Waals surface area contributed by atoms with Gasteiger partial charge in [0.1, 0.15) is 10.4 Å². The van der Waals surface area contributed by atoms with E-state index in [1.807, 2.05) is 0 Å². The normalized spacial score (nSPS) is 12.2. The van der Waals surface area contributed by atoms with Crippen LogP contribution in [-0.2, 0) is 21.0 Å². The fraction of sp³-hybridized carbons (Fsp3) is 0.188. The van der Waals surface area contributed by atoms with Crippen LogP contribution in [0.3, 0.4) is 0 Å². The molecule has 0 aliphatic rings. The summed E-state index contributed by atoms with van der Waals surface area (Å²) in [6.07, 6.45) is -4.70. The van der Waals surface area contributed by atoms with Crippen LogP contribution in [0.1, 0.15) is 12.0 Å². The largest absolute Gasteiger partial charge is 0.416 e. The summed E-state index contributed by atoms with van der Waals surface area (Å²) in [5, 5.41) is 9.49. The minimum absolute atomic E-state index is 0.0594. The molecule has 0 saturated heterocycles.